The fraction of sp³-hybridized carbons (Fsp3) is 0. The van der Waals surface area contributed by atoms with Crippen LogP contribution in [0.5, 0.6) is 0 Å². The minimum absolute atomic E-state index is 0.930. The van der Waals surface area contributed by atoms with Gasteiger partial charge in [-0.3, -0.25) is 0 Å². The molecule has 7 aromatic rings. The maximum atomic E-state index is 5.13. The van der Waals surface area contributed by atoms with Gasteiger partial charge in [0.2, 0.25) is 0 Å². The van der Waals surface area contributed by atoms with Gasteiger partial charge in [-0.1, -0.05) is 109 Å². The molecule has 0 saturated carbocycles. The van der Waals surface area contributed by atoms with Crippen LogP contribution in [0.25, 0.3) is 66.2 Å². The molecule has 0 amide bonds. The Morgan fingerprint density at radius 3 is 1.58 bits per heavy atom. The highest BCUT2D eigenvalue weighted by molar-refractivity contribution is 6.04. The smallest absolute Gasteiger partial charge is 0.0972 e. The molecule has 0 atom stereocenters. The van der Waals surface area contributed by atoms with E-state index in [2.05, 4.69) is 115 Å². The Kier molecular flexibility index (Phi) is 4.82. The van der Waals surface area contributed by atoms with Crippen LogP contribution in [-0.2, 0) is 0 Å². The fourth-order valence-corrected chi connectivity index (χ4v) is 4.93. The molecule has 168 valence electrons. The molecule has 0 radical (unpaired) electrons. The summed E-state index contributed by atoms with van der Waals surface area (Å²) in [6, 6.07) is 46.8. The fourth-order valence-electron chi connectivity index (χ4n) is 4.93. The third kappa shape index (κ3) is 3.60. The van der Waals surface area contributed by atoms with Gasteiger partial charge < -0.3 is 0 Å². The SMILES string of the molecule is c1ccc(-c2ccc3ccc4ccc(-c5cccc(-c6ccc7ccccc7c6)c5)nc4c3n2)cc1. The summed E-state index contributed by atoms with van der Waals surface area (Å²) in [6.07, 6.45) is 0. The molecule has 0 bridgehead atoms. The number of rotatable bonds is 3. The normalized spacial score (nSPS) is 11.3. The van der Waals surface area contributed by atoms with Gasteiger partial charge >= 0.3 is 0 Å². The first-order chi connectivity index (χ1) is 17.8. The minimum Gasteiger partial charge on any atom is -0.245 e. The van der Waals surface area contributed by atoms with Gasteiger partial charge in [-0.25, -0.2) is 9.97 Å². The first kappa shape index (κ1) is 20.5. The number of hydrogen-bond donors (Lipinski definition) is 0. The van der Waals surface area contributed by atoms with Crippen LogP contribution in [0.15, 0.2) is 133 Å². The second-order valence-electron chi connectivity index (χ2n) is 9.11. The summed E-state index contributed by atoms with van der Waals surface area (Å²) in [5.74, 6) is 0. The summed E-state index contributed by atoms with van der Waals surface area (Å²) in [7, 11) is 0. The Morgan fingerprint density at radius 1 is 0.306 bits per heavy atom. The predicted molar refractivity (Wildman–Crippen MR) is 151 cm³/mol. The van der Waals surface area contributed by atoms with E-state index in [0.717, 1.165) is 44.3 Å². The van der Waals surface area contributed by atoms with E-state index in [0.29, 0.717) is 0 Å². The van der Waals surface area contributed by atoms with Gasteiger partial charge in [-0.2, -0.15) is 0 Å². The van der Waals surface area contributed by atoms with Crippen LogP contribution in [0.2, 0.25) is 0 Å². The van der Waals surface area contributed by atoms with Gasteiger partial charge in [-0.15, -0.1) is 0 Å². The van der Waals surface area contributed by atoms with Crippen molar-refractivity contribution in [3.8, 4) is 33.6 Å². The van der Waals surface area contributed by atoms with Gasteiger partial charge in [0.05, 0.1) is 22.4 Å². The number of fused-ring (bicyclic) bond motifs is 4. The van der Waals surface area contributed by atoms with Crippen molar-refractivity contribution in [1.82, 2.24) is 9.97 Å². The topological polar surface area (TPSA) is 25.8 Å². The van der Waals surface area contributed by atoms with Crippen molar-refractivity contribution < 1.29 is 0 Å². The third-order valence-electron chi connectivity index (χ3n) is 6.83. The highest BCUT2D eigenvalue weighted by Gasteiger charge is 2.10. The third-order valence-corrected chi connectivity index (χ3v) is 6.83. The van der Waals surface area contributed by atoms with Crippen molar-refractivity contribution in [1.29, 1.82) is 0 Å². The van der Waals surface area contributed by atoms with Gasteiger partial charge in [0.15, 0.2) is 0 Å². The number of pyridine rings is 2. The van der Waals surface area contributed by atoms with Gasteiger partial charge in [0, 0.05) is 21.9 Å². The van der Waals surface area contributed by atoms with E-state index < -0.39 is 0 Å². The van der Waals surface area contributed by atoms with Crippen LogP contribution < -0.4 is 0 Å². The van der Waals surface area contributed by atoms with Crippen LogP contribution in [-0.4, -0.2) is 9.97 Å². The molecular weight excluding hydrogens is 436 g/mol. The van der Waals surface area contributed by atoms with Crippen molar-refractivity contribution in [2.24, 2.45) is 0 Å². The minimum atomic E-state index is 0.930. The van der Waals surface area contributed by atoms with Crippen LogP contribution in [0, 0.1) is 0 Å². The molecule has 36 heavy (non-hydrogen) atoms. The Morgan fingerprint density at radius 2 is 0.833 bits per heavy atom. The van der Waals surface area contributed by atoms with Crippen LogP contribution >= 0.6 is 0 Å². The number of hydrogen-bond acceptors (Lipinski definition) is 2. The Labute approximate surface area is 209 Å². The van der Waals surface area contributed by atoms with Crippen molar-refractivity contribution in [2.45, 2.75) is 0 Å². The van der Waals surface area contributed by atoms with Gasteiger partial charge in [-0.05, 0) is 46.2 Å². The summed E-state index contributed by atoms with van der Waals surface area (Å²) < 4.78 is 0. The largest absolute Gasteiger partial charge is 0.245 e. The summed E-state index contributed by atoms with van der Waals surface area (Å²) >= 11 is 0. The zero-order valence-electron chi connectivity index (χ0n) is 19.6. The molecule has 2 aromatic heterocycles. The van der Waals surface area contributed by atoms with Gasteiger partial charge in [0.25, 0.3) is 0 Å². The molecule has 2 heterocycles. The molecule has 0 N–H and O–H groups in total. The highest BCUT2D eigenvalue weighted by atomic mass is 14.8. The predicted octanol–water partition coefficient (Wildman–Crippen LogP) is 8.94. The molecule has 0 saturated heterocycles. The standard InChI is InChI=1S/C34H22N2/c1-2-8-24(9-3-1)31-19-17-25-14-15-26-18-20-32(36-34(26)33(25)35-31)30-12-6-11-28(22-30)29-16-13-23-7-4-5-10-27(23)21-29/h1-22H. The molecule has 2 heteroatoms. The van der Waals surface area contributed by atoms with E-state index in [4.69, 9.17) is 9.97 Å². The molecular formula is C34H22N2. The van der Waals surface area contributed by atoms with E-state index in [1.807, 2.05) is 18.2 Å². The highest BCUT2D eigenvalue weighted by Crippen LogP contribution is 2.31. The monoisotopic (exact) mass is 458 g/mol. The van der Waals surface area contributed by atoms with Crippen molar-refractivity contribution >= 4 is 32.6 Å². The first-order valence-corrected chi connectivity index (χ1v) is 12.2. The zero-order chi connectivity index (χ0) is 23.9. The van der Waals surface area contributed by atoms with Crippen molar-refractivity contribution in [2.75, 3.05) is 0 Å². The Balaban J connectivity index is 1.35. The maximum absolute atomic E-state index is 5.13. The average Bonchev–Trinajstić information content (AvgIpc) is 2.97. The summed E-state index contributed by atoms with van der Waals surface area (Å²) in [6.45, 7) is 0. The molecule has 0 aliphatic carbocycles. The summed E-state index contributed by atoms with van der Waals surface area (Å²) in [5, 5.41) is 4.69. The number of nitrogens with zero attached hydrogens (tertiary/aromatic N) is 2. The molecule has 2 nitrogen and oxygen atoms in total. The lowest BCUT2D eigenvalue weighted by Gasteiger charge is -2.10. The second kappa shape index (κ2) is 8.44. The average molecular weight is 459 g/mol. The molecule has 0 aliphatic rings. The second-order valence-corrected chi connectivity index (χ2v) is 9.11. The number of aromatic nitrogens is 2. The first-order valence-electron chi connectivity index (χ1n) is 12.2. The molecule has 0 fully saturated rings. The molecule has 7 rings (SSSR count). The van der Waals surface area contributed by atoms with E-state index >= 15 is 0 Å². The molecule has 5 aromatic carbocycles. The lowest BCUT2D eigenvalue weighted by molar-refractivity contribution is 1.36. The molecule has 0 aliphatic heterocycles. The molecule has 0 spiro atoms. The molecule has 0 unspecified atom stereocenters. The summed E-state index contributed by atoms with van der Waals surface area (Å²) in [4.78, 5) is 10.2. The van der Waals surface area contributed by atoms with Crippen molar-refractivity contribution in [3.05, 3.63) is 133 Å². The van der Waals surface area contributed by atoms with Crippen molar-refractivity contribution in [3.63, 3.8) is 0 Å². The maximum Gasteiger partial charge on any atom is 0.0972 e. The summed E-state index contributed by atoms with van der Waals surface area (Å²) in [5.41, 5.74) is 8.36. The zero-order valence-corrected chi connectivity index (χ0v) is 19.6. The van der Waals surface area contributed by atoms with Crippen LogP contribution in [0.4, 0.5) is 0 Å². The van der Waals surface area contributed by atoms with E-state index in [1.54, 1.807) is 0 Å². The Bertz CT molecular complexity index is 1890. The van der Waals surface area contributed by atoms with E-state index in [-0.39, 0.29) is 0 Å². The van der Waals surface area contributed by atoms with Crippen LogP contribution in [0.3, 0.4) is 0 Å². The lowest BCUT2D eigenvalue weighted by Crippen LogP contribution is -1.91. The van der Waals surface area contributed by atoms with Crippen LogP contribution in [0.1, 0.15) is 0 Å². The van der Waals surface area contributed by atoms with Gasteiger partial charge in [0.1, 0.15) is 0 Å². The Hall–Kier alpha value is -4.82. The lowest BCUT2D eigenvalue weighted by atomic mass is 9.98. The number of benzene rings is 5. The van der Waals surface area contributed by atoms with E-state index in [1.165, 1.54) is 21.9 Å². The quantitative estimate of drug-likeness (QED) is 0.247. The van der Waals surface area contributed by atoms with E-state index in [9.17, 15) is 0 Å².